The number of carbonyl (C=O) groups excluding carboxylic acids is 1. The fourth-order valence-corrected chi connectivity index (χ4v) is 1.92. The summed E-state index contributed by atoms with van der Waals surface area (Å²) >= 11 is 3.20. The van der Waals surface area contributed by atoms with E-state index in [1.54, 1.807) is 12.1 Å². The van der Waals surface area contributed by atoms with Crippen LogP contribution in [-0.4, -0.2) is 34.3 Å². The Kier molecular flexibility index (Phi) is 4.83. The molecule has 1 heterocycles. The molecular weight excluding hydrogens is 340 g/mol. The Morgan fingerprint density at radius 2 is 2.29 bits per heavy atom. The zero-order chi connectivity index (χ0) is 15.2. The van der Waals surface area contributed by atoms with E-state index in [0.717, 1.165) is 0 Å². The zero-order valence-corrected chi connectivity index (χ0v) is 12.5. The van der Waals surface area contributed by atoms with Crippen molar-refractivity contribution in [2.75, 3.05) is 7.11 Å². The van der Waals surface area contributed by atoms with Crippen molar-refractivity contribution in [3.63, 3.8) is 0 Å². The van der Waals surface area contributed by atoms with Gasteiger partial charge in [-0.1, -0.05) is 0 Å². The third kappa shape index (κ3) is 3.76. The average molecular weight is 351 g/mol. The Morgan fingerprint density at radius 1 is 1.48 bits per heavy atom. The first-order valence-corrected chi connectivity index (χ1v) is 6.57. The summed E-state index contributed by atoms with van der Waals surface area (Å²) in [7, 11) is 1.44. The number of amides is 1. The van der Waals surface area contributed by atoms with Crippen LogP contribution < -0.4 is 10.2 Å². The Balaban J connectivity index is 2.08. The number of rotatable bonds is 4. The summed E-state index contributed by atoms with van der Waals surface area (Å²) < 4.78 is 5.48. The number of aromatic nitrogens is 2. The highest BCUT2D eigenvalue weighted by molar-refractivity contribution is 9.10. The van der Waals surface area contributed by atoms with Crippen LogP contribution in [0.5, 0.6) is 11.5 Å². The van der Waals surface area contributed by atoms with Crippen LogP contribution in [0.4, 0.5) is 0 Å². The van der Waals surface area contributed by atoms with Crippen molar-refractivity contribution in [1.82, 2.24) is 15.4 Å². The Morgan fingerprint density at radius 3 is 2.95 bits per heavy atom. The van der Waals surface area contributed by atoms with Gasteiger partial charge in [-0.25, -0.2) is 10.4 Å². The first kappa shape index (κ1) is 14.9. The lowest BCUT2D eigenvalue weighted by Gasteiger charge is -2.06. The number of methoxy groups -OCH3 is 1. The van der Waals surface area contributed by atoms with Gasteiger partial charge in [0.15, 0.2) is 11.5 Å². The highest BCUT2D eigenvalue weighted by Crippen LogP contribution is 2.34. The number of hydrazone groups is 1. The van der Waals surface area contributed by atoms with E-state index in [1.165, 1.54) is 31.9 Å². The highest BCUT2D eigenvalue weighted by atomic mass is 79.9. The molecule has 2 aromatic rings. The van der Waals surface area contributed by atoms with Crippen LogP contribution in [0.1, 0.15) is 16.1 Å². The van der Waals surface area contributed by atoms with Crippen LogP contribution in [0.25, 0.3) is 0 Å². The molecule has 0 spiro atoms. The molecule has 8 heteroatoms. The zero-order valence-electron chi connectivity index (χ0n) is 10.9. The van der Waals surface area contributed by atoms with Gasteiger partial charge in [-0.05, 0) is 33.6 Å². The quantitative estimate of drug-likeness (QED) is 0.646. The number of benzene rings is 1. The predicted molar refractivity (Wildman–Crippen MR) is 79.5 cm³/mol. The Labute approximate surface area is 128 Å². The lowest BCUT2D eigenvalue weighted by atomic mass is 10.2. The van der Waals surface area contributed by atoms with Gasteiger partial charge in [-0.3, -0.25) is 9.78 Å². The average Bonchev–Trinajstić information content (AvgIpc) is 2.51. The molecule has 0 saturated heterocycles. The van der Waals surface area contributed by atoms with Crippen molar-refractivity contribution in [3.05, 3.63) is 46.5 Å². The fraction of sp³-hybridized carbons (Fsp3) is 0.0769. The molecule has 1 aromatic carbocycles. The van der Waals surface area contributed by atoms with Crippen molar-refractivity contribution in [2.24, 2.45) is 5.10 Å². The molecule has 0 radical (unpaired) electrons. The normalized spacial score (nSPS) is 10.6. The first-order valence-electron chi connectivity index (χ1n) is 5.77. The number of ether oxygens (including phenoxy) is 1. The summed E-state index contributed by atoms with van der Waals surface area (Å²) in [6.07, 6.45) is 5.65. The van der Waals surface area contributed by atoms with Gasteiger partial charge in [0.1, 0.15) is 5.69 Å². The van der Waals surface area contributed by atoms with Crippen LogP contribution in [-0.2, 0) is 0 Å². The lowest BCUT2D eigenvalue weighted by molar-refractivity contribution is 0.0949. The summed E-state index contributed by atoms with van der Waals surface area (Å²) in [6.45, 7) is 0. The molecule has 1 aromatic heterocycles. The molecule has 0 atom stereocenters. The van der Waals surface area contributed by atoms with Crippen LogP contribution in [0.15, 0.2) is 40.3 Å². The van der Waals surface area contributed by atoms with Crippen molar-refractivity contribution in [1.29, 1.82) is 0 Å². The minimum Gasteiger partial charge on any atom is -0.503 e. The Hall–Kier alpha value is -2.48. The van der Waals surface area contributed by atoms with Crippen LogP contribution in [0.3, 0.4) is 0 Å². The molecule has 0 unspecified atom stereocenters. The molecule has 0 fully saturated rings. The SMILES string of the molecule is COc1cc(/C=N/NC(=O)c2cnccn2)cc(Br)c1O. The summed E-state index contributed by atoms with van der Waals surface area (Å²) in [6, 6.07) is 3.22. The van der Waals surface area contributed by atoms with Crippen LogP contribution in [0, 0.1) is 0 Å². The second-order valence-electron chi connectivity index (χ2n) is 3.84. The van der Waals surface area contributed by atoms with Crippen molar-refractivity contribution in [3.8, 4) is 11.5 Å². The van der Waals surface area contributed by atoms with E-state index in [0.29, 0.717) is 15.8 Å². The number of halogens is 1. The van der Waals surface area contributed by atoms with E-state index in [-0.39, 0.29) is 11.4 Å². The largest absolute Gasteiger partial charge is 0.503 e. The molecule has 0 bridgehead atoms. The minimum atomic E-state index is -0.468. The fourth-order valence-electron chi connectivity index (χ4n) is 1.46. The highest BCUT2D eigenvalue weighted by Gasteiger charge is 2.08. The number of nitrogens with one attached hydrogen (secondary N) is 1. The number of phenols is 1. The molecule has 1 amide bonds. The summed E-state index contributed by atoms with van der Waals surface area (Å²) in [5, 5.41) is 13.5. The number of aromatic hydroxyl groups is 1. The summed E-state index contributed by atoms with van der Waals surface area (Å²) in [5.74, 6) is -0.173. The maximum absolute atomic E-state index is 11.7. The monoisotopic (exact) mass is 350 g/mol. The molecule has 2 N–H and O–H groups in total. The van der Waals surface area contributed by atoms with E-state index in [1.807, 2.05) is 0 Å². The van der Waals surface area contributed by atoms with Crippen LogP contribution >= 0.6 is 15.9 Å². The van der Waals surface area contributed by atoms with Crippen LogP contribution in [0.2, 0.25) is 0 Å². The van der Waals surface area contributed by atoms with Gasteiger partial charge in [-0.15, -0.1) is 0 Å². The van der Waals surface area contributed by atoms with Gasteiger partial charge in [0, 0.05) is 12.4 Å². The second kappa shape index (κ2) is 6.80. The molecule has 108 valence electrons. The number of carbonyl (C=O) groups is 1. The number of nitrogens with zero attached hydrogens (tertiary/aromatic N) is 3. The van der Waals surface area contributed by atoms with Gasteiger partial charge in [0.2, 0.25) is 0 Å². The van der Waals surface area contributed by atoms with E-state index < -0.39 is 5.91 Å². The molecule has 0 aliphatic heterocycles. The molecule has 0 aliphatic rings. The van der Waals surface area contributed by atoms with E-state index in [2.05, 4.69) is 36.4 Å². The second-order valence-corrected chi connectivity index (χ2v) is 4.70. The smallest absolute Gasteiger partial charge is 0.291 e. The lowest BCUT2D eigenvalue weighted by Crippen LogP contribution is -2.19. The van der Waals surface area contributed by atoms with E-state index in [4.69, 9.17) is 4.74 Å². The molecular formula is C13H11BrN4O3. The van der Waals surface area contributed by atoms with Gasteiger partial charge in [0.25, 0.3) is 5.91 Å². The standard InChI is InChI=1S/C13H11BrN4O3/c1-21-11-5-8(4-9(14)12(11)19)6-17-18-13(20)10-7-15-2-3-16-10/h2-7,19H,1H3,(H,18,20)/b17-6+. The summed E-state index contributed by atoms with van der Waals surface area (Å²) in [4.78, 5) is 19.3. The van der Waals surface area contributed by atoms with Gasteiger partial charge < -0.3 is 9.84 Å². The maximum atomic E-state index is 11.7. The number of hydrogen-bond acceptors (Lipinski definition) is 6. The molecule has 7 nitrogen and oxygen atoms in total. The topological polar surface area (TPSA) is 96.7 Å². The van der Waals surface area contributed by atoms with Gasteiger partial charge in [-0.2, -0.15) is 5.10 Å². The molecule has 2 rings (SSSR count). The first-order chi connectivity index (χ1) is 10.1. The van der Waals surface area contributed by atoms with Crippen molar-refractivity contribution in [2.45, 2.75) is 0 Å². The van der Waals surface area contributed by atoms with E-state index in [9.17, 15) is 9.90 Å². The van der Waals surface area contributed by atoms with Gasteiger partial charge in [0.05, 0.1) is 24.0 Å². The van der Waals surface area contributed by atoms with Crippen molar-refractivity contribution >= 4 is 28.1 Å². The van der Waals surface area contributed by atoms with Gasteiger partial charge >= 0.3 is 0 Å². The number of phenolic OH excluding ortho intramolecular Hbond substituents is 1. The predicted octanol–water partition coefficient (Wildman–Crippen LogP) is 1.72. The molecule has 0 saturated carbocycles. The molecule has 21 heavy (non-hydrogen) atoms. The third-order valence-corrected chi connectivity index (χ3v) is 3.05. The Bertz CT molecular complexity index is 677. The third-order valence-electron chi connectivity index (χ3n) is 2.45. The summed E-state index contributed by atoms with van der Waals surface area (Å²) in [5.41, 5.74) is 3.13. The van der Waals surface area contributed by atoms with E-state index >= 15 is 0 Å². The minimum absolute atomic E-state index is 0.00162. The number of hydrogen-bond donors (Lipinski definition) is 2. The van der Waals surface area contributed by atoms with Crippen molar-refractivity contribution < 1.29 is 14.6 Å². The maximum Gasteiger partial charge on any atom is 0.291 e. The molecule has 0 aliphatic carbocycles.